The molecule has 0 bridgehead atoms. The summed E-state index contributed by atoms with van der Waals surface area (Å²) in [6.45, 7) is 1.95. The molecule has 4 atom stereocenters. The highest BCUT2D eigenvalue weighted by Crippen LogP contribution is 2.08. The number of rotatable bonds is 2. The molecule has 22 heavy (non-hydrogen) atoms. The lowest BCUT2D eigenvalue weighted by atomic mass is 9.97. The standard InChI is InChI=1S/C7H8O3S.C6H13NO4/c1-6-2-4-7(5-3-6)11(8,9)10;8-2-3-5(10)6(11)4(9)1-7-3/h2-5H,1H3,(H,8,9,10);3-11H,1-2H2/t;3-,4+,5+,6+/m.1/s1. The lowest BCUT2D eigenvalue weighted by molar-refractivity contribution is -0.716. The molecule has 0 radical (unpaired) electrons. The zero-order valence-corrected chi connectivity index (χ0v) is 12.8. The third-order valence-electron chi connectivity index (χ3n) is 3.38. The maximum absolute atomic E-state index is 10.4. The van der Waals surface area contributed by atoms with Crippen molar-refractivity contribution in [2.75, 3.05) is 13.2 Å². The van der Waals surface area contributed by atoms with Gasteiger partial charge in [0.15, 0.2) is 0 Å². The Kier molecular flexibility index (Phi) is 6.88. The quantitative estimate of drug-likeness (QED) is 0.359. The monoisotopic (exact) mass is 335 g/mol. The number of hydrogen-bond donors (Lipinski definition) is 5. The molecule has 0 unspecified atom stereocenters. The second-order valence-electron chi connectivity index (χ2n) is 5.13. The molecule has 1 aromatic rings. The molecule has 0 saturated carbocycles. The smallest absolute Gasteiger partial charge is 0.138 e. The van der Waals surface area contributed by atoms with Crippen LogP contribution in [0.25, 0.3) is 0 Å². The summed E-state index contributed by atoms with van der Waals surface area (Å²) in [4.78, 5) is -0.178. The predicted octanol–water partition coefficient (Wildman–Crippen LogP) is -3.09. The van der Waals surface area contributed by atoms with E-state index >= 15 is 0 Å². The zero-order chi connectivity index (χ0) is 16.9. The summed E-state index contributed by atoms with van der Waals surface area (Å²) >= 11 is 0. The molecule has 126 valence electrons. The minimum Gasteiger partial charge on any atom is -0.744 e. The average molecular weight is 335 g/mol. The molecule has 0 amide bonds. The van der Waals surface area contributed by atoms with Crippen molar-refractivity contribution in [3.8, 4) is 0 Å². The number of hydrogen-bond acceptors (Lipinski definition) is 7. The van der Waals surface area contributed by atoms with Crippen molar-refractivity contribution in [2.45, 2.75) is 36.2 Å². The van der Waals surface area contributed by atoms with Gasteiger partial charge in [-0.05, 0) is 19.1 Å². The first kappa shape index (κ1) is 19.0. The van der Waals surface area contributed by atoms with Gasteiger partial charge >= 0.3 is 0 Å². The van der Waals surface area contributed by atoms with Gasteiger partial charge in [0.05, 0.1) is 11.5 Å². The lowest BCUT2D eigenvalue weighted by Crippen LogP contribution is -2.99. The van der Waals surface area contributed by atoms with E-state index in [1.807, 2.05) is 6.92 Å². The van der Waals surface area contributed by atoms with E-state index in [-0.39, 0.29) is 11.5 Å². The van der Waals surface area contributed by atoms with E-state index in [2.05, 4.69) is 0 Å². The second-order valence-corrected chi connectivity index (χ2v) is 6.51. The van der Waals surface area contributed by atoms with Crippen LogP contribution in [0, 0.1) is 6.92 Å². The van der Waals surface area contributed by atoms with Gasteiger partial charge in [-0.1, -0.05) is 17.7 Å². The second kappa shape index (κ2) is 7.97. The van der Waals surface area contributed by atoms with Gasteiger partial charge in [-0.2, -0.15) is 0 Å². The molecule has 1 aliphatic rings. The molecule has 0 aliphatic carbocycles. The molecule has 1 fully saturated rings. The first-order valence-electron chi connectivity index (χ1n) is 6.67. The first-order valence-corrected chi connectivity index (χ1v) is 8.08. The van der Waals surface area contributed by atoms with Gasteiger partial charge in [-0.3, -0.25) is 0 Å². The maximum atomic E-state index is 10.4. The van der Waals surface area contributed by atoms with Gasteiger partial charge in [0, 0.05) is 0 Å². The number of aryl methyl sites for hydroxylation is 1. The highest BCUT2D eigenvalue weighted by atomic mass is 32.2. The number of benzene rings is 1. The predicted molar refractivity (Wildman–Crippen MR) is 74.8 cm³/mol. The lowest BCUT2D eigenvalue weighted by Gasteiger charge is -2.31. The summed E-state index contributed by atoms with van der Waals surface area (Å²) in [5.41, 5.74) is 0.928. The van der Waals surface area contributed by atoms with Crippen molar-refractivity contribution < 1.29 is 38.7 Å². The third kappa shape index (κ3) is 5.29. The Labute approximate surface area is 128 Å². The Morgan fingerprint density at radius 3 is 2.18 bits per heavy atom. The van der Waals surface area contributed by atoms with Crippen molar-refractivity contribution >= 4 is 10.1 Å². The Morgan fingerprint density at radius 2 is 1.73 bits per heavy atom. The topological polar surface area (TPSA) is 155 Å². The zero-order valence-electron chi connectivity index (χ0n) is 12.0. The largest absolute Gasteiger partial charge is 0.744 e. The fraction of sp³-hybridized carbons (Fsp3) is 0.538. The molecular formula is C13H21NO7S. The minimum atomic E-state index is -4.27. The molecule has 1 aromatic carbocycles. The van der Waals surface area contributed by atoms with Crippen LogP contribution in [-0.2, 0) is 10.1 Å². The van der Waals surface area contributed by atoms with Crippen molar-refractivity contribution in [3.05, 3.63) is 29.8 Å². The summed E-state index contributed by atoms with van der Waals surface area (Å²) in [7, 11) is -4.27. The molecule has 9 heteroatoms. The number of nitrogens with two attached hydrogens (primary N) is 1. The summed E-state index contributed by atoms with van der Waals surface area (Å²) < 4.78 is 31.2. The maximum Gasteiger partial charge on any atom is 0.138 e. The highest BCUT2D eigenvalue weighted by Gasteiger charge is 2.38. The molecule has 1 saturated heterocycles. The number of aliphatic hydroxyl groups is 4. The van der Waals surface area contributed by atoms with E-state index in [1.165, 1.54) is 12.1 Å². The van der Waals surface area contributed by atoms with Gasteiger partial charge < -0.3 is 30.3 Å². The van der Waals surface area contributed by atoms with Crippen LogP contribution in [0.4, 0.5) is 0 Å². The summed E-state index contributed by atoms with van der Waals surface area (Å²) in [5.74, 6) is 0. The number of quaternary nitrogens is 1. The molecule has 2 rings (SSSR count). The molecule has 0 aromatic heterocycles. The molecule has 8 nitrogen and oxygen atoms in total. The van der Waals surface area contributed by atoms with E-state index in [0.717, 1.165) is 5.56 Å². The Balaban J connectivity index is 0.000000220. The van der Waals surface area contributed by atoms with Crippen LogP contribution in [0.2, 0.25) is 0 Å². The fourth-order valence-electron chi connectivity index (χ4n) is 1.96. The highest BCUT2D eigenvalue weighted by molar-refractivity contribution is 7.85. The average Bonchev–Trinajstić information content (AvgIpc) is 2.45. The summed E-state index contributed by atoms with van der Waals surface area (Å²) in [6, 6.07) is 5.37. The van der Waals surface area contributed by atoms with Crippen LogP contribution in [0.5, 0.6) is 0 Å². The van der Waals surface area contributed by atoms with Crippen LogP contribution >= 0.6 is 0 Å². The Hall–Kier alpha value is -1.07. The SMILES string of the molecule is Cc1ccc(S(=O)(=O)[O-])cc1.OC[C@H]1[NH2+]C[C@H](O)[C@H](O)[C@H]1O. The molecule has 6 N–H and O–H groups in total. The van der Waals surface area contributed by atoms with Gasteiger partial charge in [0.25, 0.3) is 0 Å². The van der Waals surface area contributed by atoms with Gasteiger partial charge in [-0.15, -0.1) is 0 Å². The third-order valence-corrected chi connectivity index (χ3v) is 4.23. The van der Waals surface area contributed by atoms with E-state index in [1.54, 1.807) is 17.4 Å². The molecular weight excluding hydrogens is 314 g/mol. The van der Waals surface area contributed by atoms with Crippen molar-refractivity contribution in [2.24, 2.45) is 0 Å². The molecule has 1 aliphatic heterocycles. The van der Waals surface area contributed by atoms with Crippen LogP contribution in [0.1, 0.15) is 5.56 Å². The summed E-state index contributed by atoms with van der Waals surface area (Å²) in [5, 5.41) is 37.7. The Bertz CT molecular complexity index is 558. The van der Waals surface area contributed by atoms with Crippen LogP contribution < -0.4 is 5.32 Å². The fourth-order valence-corrected chi connectivity index (χ4v) is 2.43. The van der Waals surface area contributed by atoms with Gasteiger partial charge in [0.2, 0.25) is 0 Å². The molecule has 0 spiro atoms. The minimum absolute atomic E-state index is 0.178. The van der Waals surface area contributed by atoms with Crippen LogP contribution in [-0.4, -0.2) is 70.9 Å². The molecule has 1 heterocycles. The van der Waals surface area contributed by atoms with Crippen molar-refractivity contribution in [1.29, 1.82) is 0 Å². The van der Waals surface area contributed by atoms with E-state index in [4.69, 9.17) is 15.3 Å². The number of piperidine rings is 1. The first-order chi connectivity index (χ1) is 10.2. The normalized spacial score (nSPS) is 28.6. The number of aliphatic hydroxyl groups excluding tert-OH is 4. The van der Waals surface area contributed by atoms with E-state index in [9.17, 15) is 18.1 Å². The van der Waals surface area contributed by atoms with Crippen molar-refractivity contribution in [3.63, 3.8) is 0 Å². The van der Waals surface area contributed by atoms with E-state index in [0.29, 0.717) is 6.54 Å². The van der Waals surface area contributed by atoms with Gasteiger partial charge in [-0.25, -0.2) is 8.42 Å². The summed E-state index contributed by atoms with van der Waals surface area (Å²) in [6.07, 6.45) is -3.06. The van der Waals surface area contributed by atoms with Crippen LogP contribution in [0.3, 0.4) is 0 Å². The van der Waals surface area contributed by atoms with Crippen molar-refractivity contribution in [1.82, 2.24) is 0 Å². The Morgan fingerprint density at radius 1 is 1.18 bits per heavy atom. The van der Waals surface area contributed by atoms with Crippen LogP contribution in [0.15, 0.2) is 29.2 Å². The van der Waals surface area contributed by atoms with Gasteiger partial charge in [0.1, 0.15) is 41.0 Å². The van der Waals surface area contributed by atoms with E-state index < -0.39 is 34.5 Å².